The lowest BCUT2D eigenvalue weighted by atomic mass is 10.3. The Morgan fingerprint density at radius 3 is 2.71 bits per heavy atom. The topological polar surface area (TPSA) is 61.4 Å². The van der Waals surface area contributed by atoms with Gasteiger partial charge >= 0.3 is 0 Å². The molecule has 0 radical (unpaired) electrons. The second-order valence-corrected chi connectivity index (χ2v) is 4.97. The Balaban J connectivity index is 2.03. The summed E-state index contributed by atoms with van der Waals surface area (Å²) in [4.78, 5) is 25.5. The second-order valence-electron chi connectivity index (χ2n) is 3.89. The van der Waals surface area contributed by atoms with Crippen LogP contribution in [0.4, 0.5) is 5.00 Å². The van der Waals surface area contributed by atoms with Gasteiger partial charge in [0.15, 0.2) is 0 Å². The van der Waals surface area contributed by atoms with Crippen LogP contribution in [-0.4, -0.2) is 42.9 Å². The molecule has 2 heterocycles. The van der Waals surface area contributed by atoms with Gasteiger partial charge < -0.3 is 15.5 Å². The van der Waals surface area contributed by atoms with Gasteiger partial charge in [0.25, 0.3) is 5.91 Å². The third-order valence-corrected chi connectivity index (χ3v) is 3.51. The average molecular weight is 253 g/mol. The summed E-state index contributed by atoms with van der Waals surface area (Å²) in [5.41, 5.74) is 0. The molecule has 0 spiro atoms. The van der Waals surface area contributed by atoms with E-state index in [4.69, 9.17) is 0 Å². The lowest BCUT2D eigenvalue weighted by Crippen LogP contribution is -2.46. The van der Waals surface area contributed by atoms with Crippen LogP contribution in [0.15, 0.2) is 12.1 Å². The monoisotopic (exact) mass is 253 g/mol. The fraction of sp³-hybridized carbons (Fsp3) is 0.455. The van der Waals surface area contributed by atoms with E-state index in [2.05, 4.69) is 10.6 Å². The predicted molar refractivity (Wildman–Crippen MR) is 67.4 cm³/mol. The zero-order chi connectivity index (χ0) is 12.3. The van der Waals surface area contributed by atoms with Gasteiger partial charge in [-0.2, -0.15) is 0 Å². The number of anilines is 1. The van der Waals surface area contributed by atoms with E-state index in [1.54, 1.807) is 12.1 Å². The van der Waals surface area contributed by atoms with E-state index in [1.165, 1.54) is 18.3 Å². The molecule has 1 aliphatic rings. The number of hydrogen-bond donors (Lipinski definition) is 2. The number of amides is 2. The SMILES string of the molecule is CC(=O)Nc1ccc(C(=O)N2CCNCC2)s1. The highest BCUT2D eigenvalue weighted by molar-refractivity contribution is 7.18. The number of carbonyl (C=O) groups is 2. The fourth-order valence-electron chi connectivity index (χ4n) is 1.72. The Bertz CT molecular complexity index is 424. The molecule has 0 aromatic carbocycles. The number of piperazine rings is 1. The molecule has 92 valence electrons. The molecule has 0 saturated carbocycles. The number of nitrogens with one attached hydrogen (secondary N) is 2. The van der Waals surface area contributed by atoms with Crippen LogP contribution < -0.4 is 10.6 Å². The van der Waals surface area contributed by atoms with Gasteiger partial charge in [-0.1, -0.05) is 0 Å². The number of rotatable bonds is 2. The molecule has 0 aliphatic carbocycles. The average Bonchev–Trinajstić information content (AvgIpc) is 2.77. The molecular formula is C11H15N3O2S. The van der Waals surface area contributed by atoms with Gasteiger partial charge in [-0.05, 0) is 12.1 Å². The minimum Gasteiger partial charge on any atom is -0.335 e. The lowest BCUT2D eigenvalue weighted by molar-refractivity contribution is -0.114. The van der Waals surface area contributed by atoms with Crippen molar-refractivity contribution in [2.75, 3.05) is 31.5 Å². The molecule has 0 unspecified atom stereocenters. The molecule has 17 heavy (non-hydrogen) atoms. The Morgan fingerprint density at radius 1 is 1.35 bits per heavy atom. The van der Waals surface area contributed by atoms with Crippen LogP contribution in [0.1, 0.15) is 16.6 Å². The van der Waals surface area contributed by atoms with Crippen LogP contribution in [-0.2, 0) is 4.79 Å². The highest BCUT2D eigenvalue weighted by Gasteiger charge is 2.19. The predicted octanol–water partition coefficient (Wildman–Crippen LogP) is 0.752. The van der Waals surface area contributed by atoms with Crippen molar-refractivity contribution in [1.82, 2.24) is 10.2 Å². The molecule has 6 heteroatoms. The molecule has 1 aliphatic heterocycles. The largest absolute Gasteiger partial charge is 0.335 e. The normalized spacial score (nSPS) is 15.7. The molecule has 1 saturated heterocycles. The van der Waals surface area contributed by atoms with E-state index in [1.807, 2.05) is 4.90 Å². The Labute approximate surface area is 104 Å². The van der Waals surface area contributed by atoms with E-state index in [0.29, 0.717) is 4.88 Å². The minimum atomic E-state index is -0.118. The van der Waals surface area contributed by atoms with Crippen LogP contribution in [0.2, 0.25) is 0 Å². The summed E-state index contributed by atoms with van der Waals surface area (Å²) in [6.07, 6.45) is 0. The third-order valence-electron chi connectivity index (χ3n) is 2.52. The first-order valence-corrected chi connectivity index (χ1v) is 6.36. The van der Waals surface area contributed by atoms with E-state index < -0.39 is 0 Å². The van der Waals surface area contributed by atoms with Crippen molar-refractivity contribution in [3.05, 3.63) is 17.0 Å². The van der Waals surface area contributed by atoms with Crippen LogP contribution in [0.3, 0.4) is 0 Å². The Kier molecular flexibility index (Phi) is 3.75. The molecule has 0 bridgehead atoms. The second kappa shape index (κ2) is 5.29. The highest BCUT2D eigenvalue weighted by Crippen LogP contribution is 2.23. The summed E-state index contributed by atoms with van der Waals surface area (Å²) < 4.78 is 0. The Hall–Kier alpha value is -1.40. The number of nitrogens with zero attached hydrogens (tertiary/aromatic N) is 1. The van der Waals surface area contributed by atoms with E-state index >= 15 is 0 Å². The van der Waals surface area contributed by atoms with E-state index in [-0.39, 0.29) is 11.8 Å². The highest BCUT2D eigenvalue weighted by atomic mass is 32.1. The summed E-state index contributed by atoms with van der Waals surface area (Å²) in [6, 6.07) is 3.53. The van der Waals surface area contributed by atoms with Gasteiger partial charge in [-0.3, -0.25) is 9.59 Å². The van der Waals surface area contributed by atoms with Crippen molar-refractivity contribution in [2.45, 2.75) is 6.92 Å². The lowest BCUT2D eigenvalue weighted by Gasteiger charge is -2.26. The fourth-order valence-corrected chi connectivity index (χ4v) is 2.64. The molecule has 5 nitrogen and oxygen atoms in total. The quantitative estimate of drug-likeness (QED) is 0.817. The molecule has 1 aromatic rings. The van der Waals surface area contributed by atoms with Crippen LogP contribution in [0, 0.1) is 0 Å². The van der Waals surface area contributed by atoms with Crippen LogP contribution in [0.25, 0.3) is 0 Å². The molecule has 1 fully saturated rings. The number of hydrogen-bond acceptors (Lipinski definition) is 4. The van der Waals surface area contributed by atoms with Crippen molar-refractivity contribution in [2.24, 2.45) is 0 Å². The summed E-state index contributed by atoms with van der Waals surface area (Å²) >= 11 is 1.32. The van der Waals surface area contributed by atoms with Gasteiger partial charge in [0.1, 0.15) is 0 Å². The minimum absolute atomic E-state index is 0.0492. The summed E-state index contributed by atoms with van der Waals surface area (Å²) in [5, 5.41) is 6.60. The first kappa shape index (κ1) is 12.1. The maximum absolute atomic E-state index is 12.1. The van der Waals surface area contributed by atoms with E-state index in [0.717, 1.165) is 31.2 Å². The van der Waals surface area contributed by atoms with Gasteiger partial charge in [0.2, 0.25) is 5.91 Å². The maximum atomic E-state index is 12.1. The molecule has 2 N–H and O–H groups in total. The molecule has 0 atom stereocenters. The first-order valence-electron chi connectivity index (χ1n) is 5.54. The first-order chi connectivity index (χ1) is 8.16. The van der Waals surface area contributed by atoms with Gasteiger partial charge in [0, 0.05) is 33.1 Å². The summed E-state index contributed by atoms with van der Waals surface area (Å²) in [5.74, 6) is -0.0684. The number of thiophene rings is 1. The van der Waals surface area contributed by atoms with Gasteiger partial charge in [-0.15, -0.1) is 11.3 Å². The molecule has 2 rings (SSSR count). The summed E-state index contributed by atoms with van der Waals surface area (Å²) in [6.45, 7) is 4.63. The molecule has 2 amide bonds. The third kappa shape index (κ3) is 3.04. The zero-order valence-electron chi connectivity index (χ0n) is 9.66. The maximum Gasteiger partial charge on any atom is 0.264 e. The van der Waals surface area contributed by atoms with Crippen LogP contribution >= 0.6 is 11.3 Å². The van der Waals surface area contributed by atoms with Gasteiger partial charge in [0.05, 0.1) is 9.88 Å². The van der Waals surface area contributed by atoms with Crippen LogP contribution in [0.5, 0.6) is 0 Å². The van der Waals surface area contributed by atoms with E-state index in [9.17, 15) is 9.59 Å². The summed E-state index contributed by atoms with van der Waals surface area (Å²) in [7, 11) is 0. The molecule has 1 aromatic heterocycles. The molecular weight excluding hydrogens is 238 g/mol. The smallest absolute Gasteiger partial charge is 0.264 e. The van der Waals surface area contributed by atoms with Crippen molar-refractivity contribution < 1.29 is 9.59 Å². The van der Waals surface area contributed by atoms with Crippen molar-refractivity contribution >= 4 is 28.2 Å². The van der Waals surface area contributed by atoms with Crippen molar-refractivity contribution in [3.8, 4) is 0 Å². The number of carbonyl (C=O) groups excluding carboxylic acids is 2. The standard InChI is InChI=1S/C11H15N3O2S/c1-8(15)13-10-3-2-9(17-10)11(16)14-6-4-12-5-7-14/h2-3,12H,4-7H2,1H3,(H,13,15). The Morgan fingerprint density at radius 2 is 2.06 bits per heavy atom. The van der Waals surface area contributed by atoms with Crippen molar-refractivity contribution in [1.29, 1.82) is 0 Å². The van der Waals surface area contributed by atoms with Gasteiger partial charge in [-0.25, -0.2) is 0 Å². The van der Waals surface area contributed by atoms with Crippen molar-refractivity contribution in [3.63, 3.8) is 0 Å². The zero-order valence-corrected chi connectivity index (χ0v) is 10.5.